The molecule has 12 heavy (non-hydrogen) atoms. The number of esters is 2. The molecule has 1 aliphatic heterocycles. The fourth-order valence-corrected chi connectivity index (χ4v) is 1.11. The van der Waals surface area contributed by atoms with Crippen LogP contribution in [0.1, 0.15) is 13.3 Å². The second kappa shape index (κ2) is 3.64. The summed E-state index contributed by atoms with van der Waals surface area (Å²) in [5, 5.41) is 11.8. The standard InChI is InChI=1S/C7H11NO4/c1-4(9)12-7(11)6-2-5(10)3-8-6/h5-6,8,10H,2-3H2,1H3/t5-,6+/m0/s1. The minimum Gasteiger partial charge on any atom is -0.392 e. The van der Waals surface area contributed by atoms with E-state index in [1.165, 1.54) is 6.92 Å². The van der Waals surface area contributed by atoms with Crippen LogP contribution in [0.5, 0.6) is 0 Å². The summed E-state index contributed by atoms with van der Waals surface area (Å²) in [5.74, 6) is -1.23. The van der Waals surface area contributed by atoms with Gasteiger partial charge in [0.1, 0.15) is 6.04 Å². The van der Waals surface area contributed by atoms with Crippen LogP contribution >= 0.6 is 0 Å². The fourth-order valence-electron chi connectivity index (χ4n) is 1.11. The van der Waals surface area contributed by atoms with E-state index < -0.39 is 24.1 Å². The molecule has 1 aliphatic rings. The van der Waals surface area contributed by atoms with Crippen molar-refractivity contribution in [1.29, 1.82) is 0 Å². The topological polar surface area (TPSA) is 75.6 Å². The summed E-state index contributed by atoms with van der Waals surface area (Å²) in [6.07, 6.45) is -0.207. The number of aliphatic hydroxyl groups excluding tert-OH is 1. The number of hydrogen-bond donors (Lipinski definition) is 2. The summed E-state index contributed by atoms with van der Waals surface area (Å²) in [4.78, 5) is 21.3. The molecular formula is C7H11NO4. The lowest BCUT2D eigenvalue weighted by Gasteiger charge is -2.06. The number of aliphatic hydroxyl groups is 1. The SMILES string of the molecule is CC(=O)OC(=O)[C@H]1C[C@H](O)CN1. The van der Waals surface area contributed by atoms with Crippen molar-refractivity contribution in [2.45, 2.75) is 25.5 Å². The van der Waals surface area contributed by atoms with Gasteiger partial charge in [0, 0.05) is 19.9 Å². The molecule has 0 aromatic carbocycles. The average Bonchev–Trinajstić information content (AvgIpc) is 2.34. The van der Waals surface area contributed by atoms with Crippen LogP contribution in [-0.2, 0) is 14.3 Å². The fraction of sp³-hybridized carbons (Fsp3) is 0.714. The maximum absolute atomic E-state index is 11.0. The Morgan fingerprint density at radius 1 is 1.58 bits per heavy atom. The lowest BCUT2D eigenvalue weighted by Crippen LogP contribution is -2.33. The van der Waals surface area contributed by atoms with E-state index in [4.69, 9.17) is 5.11 Å². The molecule has 1 saturated heterocycles. The van der Waals surface area contributed by atoms with E-state index in [9.17, 15) is 9.59 Å². The number of ether oxygens (including phenoxy) is 1. The lowest BCUT2D eigenvalue weighted by molar-refractivity contribution is -0.159. The van der Waals surface area contributed by atoms with Crippen LogP contribution in [0.3, 0.4) is 0 Å². The first-order chi connectivity index (χ1) is 5.59. The molecule has 5 heteroatoms. The van der Waals surface area contributed by atoms with Gasteiger partial charge in [0.05, 0.1) is 6.10 Å². The third kappa shape index (κ3) is 2.28. The van der Waals surface area contributed by atoms with Crippen LogP contribution in [0.2, 0.25) is 0 Å². The Morgan fingerprint density at radius 2 is 2.25 bits per heavy atom. The summed E-state index contributed by atoms with van der Waals surface area (Å²) in [7, 11) is 0. The van der Waals surface area contributed by atoms with Gasteiger partial charge >= 0.3 is 11.9 Å². The highest BCUT2D eigenvalue weighted by Crippen LogP contribution is 2.07. The normalized spacial score (nSPS) is 28.5. The van der Waals surface area contributed by atoms with Gasteiger partial charge in [-0.2, -0.15) is 0 Å². The Labute approximate surface area is 69.7 Å². The van der Waals surface area contributed by atoms with Crippen LogP contribution in [0.15, 0.2) is 0 Å². The van der Waals surface area contributed by atoms with E-state index in [0.717, 1.165) is 0 Å². The number of β-amino-alcohol motifs (C(OH)–C–C–N with tert-alkyl or cyclic N) is 1. The van der Waals surface area contributed by atoms with Gasteiger partial charge in [-0.3, -0.25) is 4.79 Å². The van der Waals surface area contributed by atoms with Gasteiger partial charge in [0.15, 0.2) is 0 Å². The van der Waals surface area contributed by atoms with E-state index in [2.05, 4.69) is 10.1 Å². The van der Waals surface area contributed by atoms with E-state index in [-0.39, 0.29) is 0 Å². The highest BCUT2D eigenvalue weighted by molar-refractivity contribution is 5.87. The molecule has 0 aromatic heterocycles. The van der Waals surface area contributed by atoms with Gasteiger partial charge in [-0.25, -0.2) is 4.79 Å². The smallest absolute Gasteiger partial charge is 0.330 e. The summed E-state index contributed by atoms with van der Waals surface area (Å²) in [5.41, 5.74) is 0. The predicted molar refractivity (Wildman–Crippen MR) is 39.2 cm³/mol. The number of hydrogen-bond acceptors (Lipinski definition) is 5. The Hall–Kier alpha value is -0.940. The predicted octanol–water partition coefficient (Wildman–Crippen LogP) is -1.20. The van der Waals surface area contributed by atoms with Gasteiger partial charge in [-0.15, -0.1) is 0 Å². The minimum absolute atomic E-state index is 0.312. The molecule has 0 amide bonds. The van der Waals surface area contributed by atoms with Crippen LogP contribution < -0.4 is 5.32 Å². The van der Waals surface area contributed by atoms with Gasteiger partial charge < -0.3 is 15.2 Å². The molecule has 0 unspecified atom stereocenters. The zero-order chi connectivity index (χ0) is 9.14. The van der Waals surface area contributed by atoms with Crippen molar-refractivity contribution in [1.82, 2.24) is 5.32 Å². The second-order valence-electron chi connectivity index (χ2n) is 2.76. The third-order valence-electron chi connectivity index (χ3n) is 1.64. The minimum atomic E-state index is -0.622. The maximum atomic E-state index is 11.0. The number of rotatable bonds is 1. The van der Waals surface area contributed by atoms with Gasteiger partial charge in [0.2, 0.25) is 0 Å². The van der Waals surface area contributed by atoms with Crippen molar-refractivity contribution in [2.24, 2.45) is 0 Å². The summed E-state index contributed by atoms with van der Waals surface area (Å²) in [6.45, 7) is 1.54. The van der Waals surface area contributed by atoms with Crippen LogP contribution in [0.4, 0.5) is 0 Å². The number of nitrogens with one attached hydrogen (secondary N) is 1. The first-order valence-corrected chi connectivity index (χ1v) is 3.73. The third-order valence-corrected chi connectivity index (χ3v) is 1.64. The van der Waals surface area contributed by atoms with Gasteiger partial charge in [-0.1, -0.05) is 0 Å². The molecule has 68 valence electrons. The molecule has 0 aliphatic carbocycles. The largest absolute Gasteiger partial charge is 0.392 e. The van der Waals surface area contributed by atoms with Crippen molar-refractivity contribution in [2.75, 3.05) is 6.54 Å². The summed E-state index contributed by atoms with van der Waals surface area (Å²) < 4.78 is 4.33. The molecule has 2 N–H and O–H groups in total. The molecule has 0 saturated carbocycles. The van der Waals surface area contributed by atoms with E-state index in [1.54, 1.807) is 0 Å². The monoisotopic (exact) mass is 173 g/mol. The average molecular weight is 173 g/mol. The van der Waals surface area contributed by atoms with Crippen molar-refractivity contribution in [3.05, 3.63) is 0 Å². The maximum Gasteiger partial charge on any atom is 0.330 e. The van der Waals surface area contributed by atoms with Gasteiger partial charge in [0.25, 0.3) is 0 Å². The quantitative estimate of drug-likeness (QED) is 0.385. The van der Waals surface area contributed by atoms with E-state index >= 15 is 0 Å². The molecule has 1 rings (SSSR count). The summed E-state index contributed by atoms with van der Waals surface area (Å²) >= 11 is 0. The molecule has 1 heterocycles. The Balaban J connectivity index is 2.38. The van der Waals surface area contributed by atoms with Crippen LogP contribution in [0.25, 0.3) is 0 Å². The zero-order valence-electron chi connectivity index (χ0n) is 6.74. The molecule has 0 aromatic rings. The van der Waals surface area contributed by atoms with Gasteiger partial charge in [-0.05, 0) is 0 Å². The second-order valence-corrected chi connectivity index (χ2v) is 2.76. The Bertz CT molecular complexity index is 204. The van der Waals surface area contributed by atoms with Crippen LogP contribution in [0, 0.1) is 0 Å². The molecule has 1 fully saturated rings. The molecule has 0 bridgehead atoms. The molecule has 2 atom stereocenters. The molecule has 5 nitrogen and oxygen atoms in total. The Kier molecular flexibility index (Phi) is 2.78. The first kappa shape index (κ1) is 9.15. The highest BCUT2D eigenvalue weighted by Gasteiger charge is 2.29. The molecule has 0 spiro atoms. The Morgan fingerprint density at radius 3 is 2.67 bits per heavy atom. The molecule has 0 radical (unpaired) electrons. The van der Waals surface area contributed by atoms with Crippen molar-refractivity contribution >= 4 is 11.9 Å². The van der Waals surface area contributed by atoms with Crippen molar-refractivity contribution in [3.63, 3.8) is 0 Å². The lowest BCUT2D eigenvalue weighted by atomic mass is 10.2. The summed E-state index contributed by atoms with van der Waals surface area (Å²) in [6, 6.07) is -0.538. The number of carbonyl (C=O) groups is 2. The molecular weight excluding hydrogens is 162 g/mol. The highest BCUT2D eigenvalue weighted by atomic mass is 16.6. The number of carbonyl (C=O) groups excluding carboxylic acids is 2. The van der Waals surface area contributed by atoms with Crippen LogP contribution in [-0.4, -0.2) is 35.7 Å². The van der Waals surface area contributed by atoms with Crippen molar-refractivity contribution < 1.29 is 19.4 Å². The van der Waals surface area contributed by atoms with Crippen molar-refractivity contribution in [3.8, 4) is 0 Å². The van der Waals surface area contributed by atoms with E-state index in [0.29, 0.717) is 13.0 Å². The van der Waals surface area contributed by atoms with E-state index in [1.807, 2.05) is 0 Å². The first-order valence-electron chi connectivity index (χ1n) is 3.73. The zero-order valence-corrected chi connectivity index (χ0v) is 6.74.